The SMILES string of the molecule is Cc1cc2c(cc1Cc1ccc(C(=O)NCCc3ccc(F)cc3)o1)C(C)(C)CCC2(C)C. The number of carbonyl (C=O) groups excluding carboxylic acids is 1. The van der Waals surface area contributed by atoms with Gasteiger partial charge in [0.25, 0.3) is 5.91 Å². The van der Waals surface area contributed by atoms with Crippen molar-refractivity contribution in [2.75, 3.05) is 6.54 Å². The molecule has 1 aliphatic rings. The van der Waals surface area contributed by atoms with E-state index in [0.29, 0.717) is 25.1 Å². The van der Waals surface area contributed by atoms with Gasteiger partial charge in [-0.2, -0.15) is 0 Å². The van der Waals surface area contributed by atoms with Crippen LogP contribution < -0.4 is 5.32 Å². The van der Waals surface area contributed by atoms with Gasteiger partial charge in [0.1, 0.15) is 11.6 Å². The second kappa shape index (κ2) is 8.81. The van der Waals surface area contributed by atoms with Gasteiger partial charge < -0.3 is 9.73 Å². The molecular weight excluding hydrogens is 413 g/mol. The number of hydrogen-bond acceptors (Lipinski definition) is 2. The van der Waals surface area contributed by atoms with Gasteiger partial charge in [-0.1, -0.05) is 52.0 Å². The van der Waals surface area contributed by atoms with E-state index in [-0.39, 0.29) is 22.6 Å². The highest BCUT2D eigenvalue weighted by Crippen LogP contribution is 2.46. The first kappa shape index (κ1) is 23.3. The topological polar surface area (TPSA) is 42.2 Å². The Bertz CT molecular complexity index is 1150. The van der Waals surface area contributed by atoms with Crippen molar-refractivity contribution in [1.29, 1.82) is 0 Å². The molecule has 0 bridgehead atoms. The van der Waals surface area contributed by atoms with E-state index in [4.69, 9.17) is 4.42 Å². The number of carbonyl (C=O) groups is 1. The van der Waals surface area contributed by atoms with Crippen LogP contribution in [0.15, 0.2) is 52.9 Å². The van der Waals surface area contributed by atoms with E-state index < -0.39 is 0 Å². The van der Waals surface area contributed by atoms with Crippen molar-refractivity contribution in [1.82, 2.24) is 5.32 Å². The van der Waals surface area contributed by atoms with Gasteiger partial charge in [-0.25, -0.2) is 4.39 Å². The van der Waals surface area contributed by atoms with E-state index in [1.807, 2.05) is 6.07 Å². The highest BCUT2D eigenvalue weighted by atomic mass is 19.1. The Morgan fingerprint density at radius 2 is 1.61 bits per heavy atom. The number of furan rings is 1. The lowest BCUT2D eigenvalue weighted by molar-refractivity contribution is 0.0925. The normalized spacial score (nSPS) is 16.3. The molecule has 0 aliphatic heterocycles. The van der Waals surface area contributed by atoms with E-state index in [2.05, 4.69) is 52.1 Å². The van der Waals surface area contributed by atoms with Gasteiger partial charge in [-0.05, 0) is 89.1 Å². The van der Waals surface area contributed by atoms with Crippen molar-refractivity contribution in [3.63, 3.8) is 0 Å². The molecule has 3 nitrogen and oxygen atoms in total. The van der Waals surface area contributed by atoms with Gasteiger partial charge in [0, 0.05) is 13.0 Å². The molecule has 0 fully saturated rings. The molecule has 1 N–H and O–H groups in total. The summed E-state index contributed by atoms with van der Waals surface area (Å²) in [5.41, 5.74) is 6.74. The average molecular weight is 448 g/mol. The molecule has 1 amide bonds. The highest BCUT2D eigenvalue weighted by Gasteiger charge is 2.37. The van der Waals surface area contributed by atoms with Crippen molar-refractivity contribution >= 4 is 5.91 Å². The summed E-state index contributed by atoms with van der Waals surface area (Å²) >= 11 is 0. The second-order valence-electron chi connectivity index (χ2n) is 10.7. The molecule has 4 rings (SSSR count). The quantitative estimate of drug-likeness (QED) is 0.460. The molecule has 0 unspecified atom stereocenters. The Kier molecular flexibility index (Phi) is 6.22. The Morgan fingerprint density at radius 3 is 2.27 bits per heavy atom. The van der Waals surface area contributed by atoms with Gasteiger partial charge in [0.05, 0.1) is 0 Å². The van der Waals surface area contributed by atoms with Crippen molar-refractivity contribution in [2.45, 2.75) is 71.1 Å². The molecule has 174 valence electrons. The maximum atomic E-state index is 13.0. The summed E-state index contributed by atoms with van der Waals surface area (Å²) in [5, 5.41) is 2.88. The maximum Gasteiger partial charge on any atom is 0.287 e. The summed E-state index contributed by atoms with van der Waals surface area (Å²) in [6.45, 7) is 12.0. The van der Waals surface area contributed by atoms with E-state index in [9.17, 15) is 9.18 Å². The second-order valence-corrected chi connectivity index (χ2v) is 10.7. The van der Waals surface area contributed by atoms with Crippen LogP contribution >= 0.6 is 0 Å². The predicted octanol–water partition coefficient (Wildman–Crippen LogP) is 6.64. The molecule has 1 aromatic heterocycles. The highest BCUT2D eigenvalue weighted by molar-refractivity contribution is 5.91. The number of halogens is 1. The van der Waals surface area contributed by atoms with Gasteiger partial charge in [-0.3, -0.25) is 4.79 Å². The Labute approximate surface area is 196 Å². The molecule has 1 heterocycles. The molecule has 0 radical (unpaired) electrons. The third-order valence-corrected chi connectivity index (χ3v) is 7.17. The van der Waals surface area contributed by atoms with Crippen LogP contribution in [0.2, 0.25) is 0 Å². The molecule has 3 aromatic rings. The van der Waals surface area contributed by atoms with E-state index >= 15 is 0 Å². The van der Waals surface area contributed by atoms with Crippen LogP contribution in [-0.4, -0.2) is 12.5 Å². The van der Waals surface area contributed by atoms with Gasteiger partial charge in [-0.15, -0.1) is 0 Å². The number of hydrogen-bond donors (Lipinski definition) is 1. The predicted molar refractivity (Wildman–Crippen MR) is 130 cm³/mol. The minimum atomic E-state index is -0.257. The fourth-order valence-electron chi connectivity index (χ4n) is 4.80. The van der Waals surface area contributed by atoms with Gasteiger partial charge >= 0.3 is 0 Å². The summed E-state index contributed by atoms with van der Waals surface area (Å²) in [7, 11) is 0. The number of fused-ring (bicyclic) bond motifs is 1. The maximum absolute atomic E-state index is 13.0. The molecule has 1 aliphatic carbocycles. The Hall–Kier alpha value is -2.88. The number of benzene rings is 2. The lowest BCUT2D eigenvalue weighted by Crippen LogP contribution is -2.34. The standard InChI is InChI=1S/C29H34FNO2/c1-19-16-24-25(29(4,5)14-13-28(24,2)3)18-21(19)17-23-10-11-26(33-23)27(32)31-15-12-20-6-8-22(30)9-7-20/h6-11,16,18H,12-15,17H2,1-5H3,(H,31,32). The zero-order valence-electron chi connectivity index (χ0n) is 20.3. The number of amides is 1. The first-order chi connectivity index (χ1) is 15.5. The summed E-state index contributed by atoms with van der Waals surface area (Å²) in [4.78, 5) is 12.5. The first-order valence-corrected chi connectivity index (χ1v) is 11.8. The molecule has 2 aromatic carbocycles. The minimum absolute atomic E-state index is 0.159. The number of rotatable bonds is 6. The monoisotopic (exact) mass is 447 g/mol. The zero-order chi connectivity index (χ0) is 23.8. The van der Waals surface area contributed by atoms with Crippen molar-refractivity contribution in [2.24, 2.45) is 0 Å². The molecule has 0 spiro atoms. The smallest absolute Gasteiger partial charge is 0.287 e. The lowest BCUT2D eigenvalue weighted by atomic mass is 9.62. The molecule has 33 heavy (non-hydrogen) atoms. The lowest BCUT2D eigenvalue weighted by Gasteiger charge is -2.42. The first-order valence-electron chi connectivity index (χ1n) is 11.8. The van der Waals surface area contributed by atoms with Crippen LogP contribution in [-0.2, 0) is 23.7 Å². The fourth-order valence-corrected chi connectivity index (χ4v) is 4.80. The molecule has 0 saturated carbocycles. The summed E-state index contributed by atoms with van der Waals surface area (Å²) in [6, 6.07) is 14.7. The number of aryl methyl sites for hydroxylation is 1. The van der Waals surface area contributed by atoms with Crippen LogP contribution in [0.4, 0.5) is 4.39 Å². The van der Waals surface area contributed by atoms with Crippen molar-refractivity contribution in [3.8, 4) is 0 Å². The molecule has 0 atom stereocenters. The van der Waals surface area contributed by atoms with Crippen LogP contribution in [0.25, 0.3) is 0 Å². The molecule has 0 saturated heterocycles. The summed E-state index contributed by atoms with van der Waals surface area (Å²) < 4.78 is 18.9. The third-order valence-electron chi connectivity index (χ3n) is 7.17. The average Bonchev–Trinajstić information content (AvgIpc) is 3.23. The minimum Gasteiger partial charge on any atom is -0.456 e. The van der Waals surface area contributed by atoms with Crippen molar-refractivity contribution < 1.29 is 13.6 Å². The van der Waals surface area contributed by atoms with Crippen LogP contribution in [0.3, 0.4) is 0 Å². The van der Waals surface area contributed by atoms with Crippen LogP contribution in [0, 0.1) is 12.7 Å². The largest absolute Gasteiger partial charge is 0.456 e. The Morgan fingerprint density at radius 1 is 0.970 bits per heavy atom. The van der Waals surface area contributed by atoms with E-state index in [0.717, 1.165) is 11.3 Å². The van der Waals surface area contributed by atoms with Crippen LogP contribution in [0.1, 0.15) is 84.7 Å². The van der Waals surface area contributed by atoms with E-state index in [1.165, 1.54) is 47.2 Å². The van der Waals surface area contributed by atoms with Crippen molar-refractivity contribution in [3.05, 3.63) is 93.7 Å². The van der Waals surface area contributed by atoms with Crippen LogP contribution in [0.5, 0.6) is 0 Å². The molecule has 4 heteroatoms. The third kappa shape index (κ3) is 5.05. The fraction of sp³-hybridized carbons (Fsp3) is 0.414. The van der Waals surface area contributed by atoms with E-state index in [1.54, 1.807) is 18.2 Å². The summed E-state index contributed by atoms with van der Waals surface area (Å²) in [6.07, 6.45) is 3.68. The zero-order valence-corrected chi connectivity index (χ0v) is 20.3. The van der Waals surface area contributed by atoms with Gasteiger partial charge in [0.2, 0.25) is 0 Å². The van der Waals surface area contributed by atoms with Gasteiger partial charge in [0.15, 0.2) is 5.76 Å². The number of nitrogens with one attached hydrogen (secondary N) is 1. The summed E-state index contributed by atoms with van der Waals surface area (Å²) in [5.74, 6) is 0.622. The molecular formula is C29H34FNO2. The Balaban J connectivity index is 1.44.